The topological polar surface area (TPSA) is 88.5 Å². The molecule has 0 bridgehead atoms. The van der Waals surface area contributed by atoms with E-state index in [9.17, 15) is 18.0 Å². The molecule has 5 nitrogen and oxygen atoms in total. The van der Waals surface area contributed by atoms with Crippen molar-refractivity contribution in [1.29, 1.82) is 0 Å². The molecule has 4 aliphatic carbocycles. The normalized spacial score (nSPS) is 27.7. The number of hydrogen-bond acceptors (Lipinski definition) is 4. The molecule has 2 fully saturated rings. The fourth-order valence-electron chi connectivity index (χ4n) is 7.27. The van der Waals surface area contributed by atoms with E-state index in [2.05, 4.69) is 51.1 Å². The van der Waals surface area contributed by atoms with Gasteiger partial charge in [0.05, 0.1) is 6.26 Å². The summed E-state index contributed by atoms with van der Waals surface area (Å²) >= 11 is 0. The quantitative estimate of drug-likeness (QED) is 0.283. The first-order valence-electron chi connectivity index (χ1n) is 15.0. The van der Waals surface area contributed by atoms with Crippen LogP contribution in [0, 0.1) is 17.3 Å². The van der Waals surface area contributed by atoms with Crippen LogP contribution in [-0.2, 0) is 19.7 Å². The Bertz CT molecular complexity index is 1150. The summed E-state index contributed by atoms with van der Waals surface area (Å²) in [6.45, 7) is 6.75. The van der Waals surface area contributed by atoms with Gasteiger partial charge >= 0.3 is 0 Å². The Labute approximate surface area is 236 Å². The number of ketones is 2. The molecule has 5 rings (SSSR count). The predicted molar refractivity (Wildman–Crippen MR) is 158 cm³/mol. The Kier molecular flexibility index (Phi) is 11.3. The third-order valence-electron chi connectivity index (χ3n) is 9.10. The zero-order chi connectivity index (χ0) is 28.6. The van der Waals surface area contributed by atoms with Gasteiger partial charge in [0, 0.05) is 24.2 Å². The van der Waals surface area contributed by atoms with Crippen LogP contribution < -0.4 is 0 Å². The Balaban J connectivity index is 0.000000272. The van der Waals surface area contributed by atoms with E-state index in [-0.39, 0.29) is 11.2 Å². The first-order chi connectivity index (χ1) is 18.5. The molecule has 216 valence electrons. The lowest BCUT2D eigenvalue weighted by Crippen LogP contribution is -2.43. The minimum absolute atomic E-state index is 0.166. The van der Waals surface area contributed by atoms with Crippen molar-refractivity contribution in [2.45, 2.75) is 110 Å². The number of allylic oxidation sites excluding steroid dienone is 4. The average Bonchev–Trinajstić information content (AvgIpc) is 3.20. The van der Waals surface area contributed by atoms with Crippen LogP contribution in [0.2, 0.25) is 0 Å². The molecule has 0 heterocycles. The average molecular weight is 557 g/mol. The smallest absolute Gasteiger partial charge is 0.261 e. The highest BCUT2D eigenvalue weighted by Gasteiger charge is 2.56. The van der Waals surface area contributed by atoms with E-state index in [0.717, 1.165) is 38.5 Å². The molecule has 0 amide bonds. The summed E-state index contributed by atoms with van der Waals surface area (Å²) in [7, 11) is -3.67. The maximum atomic E-state index is 12.8. The van der Waals surface area contributed by atoms with Crippen LogP contribution in [0.5, 0.6) is 0 Å². The van der Waals surface area contributed by atoms with Gasteiger partial charge in [-0.3, -0.25) is 14.1 Å². The summed E-state index contributed by atoms with van der Waals surface area (Å²) in [6, 6.07) is 10.8. The standard InChI is InChI=1S/C24H26O2.C8H18.CH4O3S/c1-24-14-20(15-5-3-2-4-6-15)23-18-10-8-17(25)13-16(18)7-9-19(23)21(24)11-12-22(24)26;1-3-5-7-8-6-4-2;1-5(2,3)4/h2-6,13,19-21H,7-12,14H2,1H3;3-8H2,1-2H3;1H3,(H,2,3,4)/t19-,20+,21-,24-;;/m0../s1. The predicted octanol–water partition coefficient (Wildman–Crippen LogP) is 8.03. The molecule has 1 aromatic rings. The number of hydrogen-bond donors (Lipinski definition) is 1. The molecule has 1 N–H and O–H groups in total. The minimum Gasteiger partial charge on any atom is -0.299 e. The SMILES string of the molecule is CCCCCCCC.CS(=O)(=O)O.C[C@]12C[C@H](c3ccccc3)C3=C4CCC(=O)C=C4CC[C@H]3[C@@H]1CCC2=O. The van der Waals surface area contributed by atoms with Crippen LogP contribution in [0.25, 0.3) is 0 Å². The molecule has 4 aliphatic rings. The van der Waals surface area contributed by atoms with Gasteiger partial charge in [-0.2, -0.15) is 8.42 Å². The third kappa shape index (κ3) is 8.23. The maximum absolute atomic E-state index is 12.8. The van der Waals surface area contributed by atoms with E-state index in [1.54, 1.807) is 5.57 Å². The Morgan fingerprint density at radius 2 is 1.51 bits per heavy atom. The first kappa shape index (κ1) is 31.5. The summed E-state index contributed by atoms with van der Waals surface area (Å²) in [5.74, 6) is 2.11. The van der Waals surface area contributed by atoms with Crippen molar-refractivity contribution in [3.8, 4) is 0 Å². The molecule has 2 saturated carbocycles. The van der Waals surface area contributed by atoms with E-state index >= 15 is 0 Å². The highest BCUT2D eigenvalue weighted by atomic mass is 32.2. The van der Waals surface area contributed by atoms with Gasteiger partial charge < -0.3 is 0 Å². The second kappa shape index (κ2) is 14.0. The van der Waals surface area contributed by atoms with Gasteiger partial charge in [0.2, 0.25) is 0 Å². The van der Waals surface area contributed by atoms with Crippen molar-refractivity contribution in [3.05, 3.63) is 58.7 Å². The highest BCUT2D eigenvalue weighted by Crippen LogP contribution is 2.62. The number of rotatable bonds is 6. The first-order valence-corrected chi connectivity index (χ1v) is 16.8. The van der Waals surface area contributed by atoms with E-state index in [1.165, 1.54) is 55.2 Å². The molecule has 0 aromatic heterocycles. The van der Waals surface area contributed by atoms with Crippen molar-refractivity contribution >= 4 is 21.7 Å². The molecule has 39 heavy (non-hydrogen) atoms. The molecular weight excluding hydrogens is 508 g/mol. The molecule has 0 saturated heterocycles. The molecule has 6 heteroatoms. The van der Waals surface area contributed by atoms with Crippen LogP contribution in [0.3, 0.4) is 0 Å². The minimum atomic E-state index is -3.67. The van der Waals surface area contributed by atoms with Gasteiger partial charge in [0.25, 0.3) is 10.1 Å². The van der Waals surface area contributed by atoms with E-state index in [0.29, 0.717) is 36.2 Å². The molecule has 0 radical (unpaired) electrons. The number of unbranched alkanes of at least 4 members (excludes halogenated alkanes) is 5. The van der Waals surface area contributed by atoms with Gasteiger partial charge in [0.1, 0.15) is 5.78 Å². The largest absolute Gasteiger partial charge is 0.299 e. The summed E-state index contributed by atoms with van der Waals surface area (Å²) in [5, 5.41) is 0. The van der Waals surface area contributed by atoms with Crippen LogP contribution in [0.4, 0.5) is 0 Å². The van der Waals surface area contributed by atoms with Crippen LogP contribution in [-0.4, -0.2) is 30.8 Å². The summed E-state index contributed by atoms with van der Waals surface area (Å²) in [6.07, 6.45) is 17.5. The van der Waals surface area contributed by atoms with Crippen molar-refractivity contribution in [3.63, 3.8) is 0 Å². The zero-order valence-corrected chi connectivity index (χ0v) is 25.2. The second-order valence-electron chi connectivity index (χ2n) is 12.0. The molecule has 4 atom stereocenters. The van der Waals surface area contributed by atoms with Crippen LogP contribution >= 0.6 is 0 Å². The maximum Gasteiger partial charge on any atom is 0.261 e. The Morgan fingerprint density at radius 3 is 2.10 bits per heavy atom. The third-order valence-corrected chi connectivity index (χ3v) is 9.10. The fraction of sp³-hybridized carbons (Fsp3) is 0.636. The van der Waals surface area contributed by atoms with E-state index in [1.807, 2.05) is 6.08 Å². The van der Waals surface area contributed by atoms with Gasteiger partial charge in [-0.15, -0.1) is 0 Å². The van der Waals surface area contributed by atoms with Crippen molar-refractivity contribution in [2.75, 3.05) is 6.26 Å². The van der Waals surface area contributed by atoms with Gasteiger partial charge in [0.15, 0.2) is 5.78 Å². The molecule has 0 aliphatic heterocycles. The van der Waals surface area contributed by atoms with Crippen LogP contribution in [0.15, 0.2) is 53.1 Å². The van der Waals surface area contributed by atoms with Crippen molar-refractivity contribution in [2.24, 2.45) is 17.3 Å². The van der Waals surface area contributed by atoms with Crippen LogP contribution in [0.1, 0.15) is 116 Å². The zero-order valence-electron chi connectivity index (χ0n) is 24.4. The fourth-order valence-corrected chi connectivity index (χ4v) is 7.27. The lowest BCUT2D eigenvalue weighted by atomic mass is 9.53. The van der Waals surface area contributed by atoms with Gasteiger partial charge in [-0.25, -0.2) is 0 Å². The van der Waals surface area contributed by atoms with E-state index in [4.69, 9.17) is 4.55 Å². The Morgan fingerprint density at radius 1 is 0.897 bits per heavy atom. The Hall–Kier alpha value is -2.05. The molecule has 0 spiro atoms. The van der Waals surface area contributed by atoms with Gasteiger partial charge in [-0.1, -0.05) is 95.2 Å². The summed E-state index contributed by atoms with van der Waals surface area (Å²) < 4.78 is 25.9. The molecule has 1 aromatic carbocycles. The van der Waals surface area contributed by atoms with Crippen molar-refractivity contribution < 1.29 is 22.6 Å². The molecule has 0 unspecified atom stereocenters. The molecular formula is C33H48O5S. The number of benzene rings is 1. The lowest BCUT2D eigenvalue weighted by molar-refractivity contribution is -0.128. The van der Waals surface area contributed by atoms with Crippen molar-refractivity contribution in [1.82, 2.24) is 0 Å². The monoisotopic (exact) mass is 556 g/mol. The summed E-state index contributed by atoms with van der Waals surface area (Å²) in [4.78, 5) is 24.8. The number of Topliss-reactive ketones (excluding diaryl/α,β-unsaturated/α-hetero) is 1. The number of fused-ring (bicyclic) bond motifs is 4. The number of carbonyl (C=O) groups excluding carboxylic acids is 2. The van der Waals surface area contributed by atoms with Gasteiger partial charge in [-0.05, 0) is 66.7 Å². The summed E-state index contributed by atoms with van der Waals surface area (Å²) in [5.41, 5.74) is 5.52. The van der Waals surface area contributed by atoms with E-state index < -0.39 is 10.1 Å². The number of carbonyl (C=O) groups is 2. The second-order valence-corrected chi connectivity index (χ2v) is 13.5. The highest BCUT2D eigenvalue weighted by molar-refractivity contribution is 7.85. The lowest BCUT2D eigenvalue weighted by Gasteiger charge is -2.50.